The molecule has 4 heteroatoms. The highest BCUT2D eigenvalue weighted by Gasteiger charge is 2.25. The third kappa shape index (κ3) is 1.99. The third-order valence-electron chi connectivity index (χ3n) is 3.35. The first kappa shape index (κ1) is 12.5. The summed E-state index contributed by atoms with van der Waals surface area (Å²) in [6.45, 7) is 1.25. The Morgan fingerprint density at radius 3 is 2.65 bits per heavy atom. The second kappa shape index (κ2) is 4.56. The number of nitrogens with zero attached hydrogens (tertiary/aromatic N) is 2. The summed E-state index contributed by atoms with van der Waals surface area (Å²) in [5.74, 6) is 0. The number of fused-ring (bicyclic) bond motifs is 1. The lowest BCUT2D eigenvalue weighted by Crippen LogP contribution is -2.16. The lowest BCUT2D eigenvalue weighted by molar-refractivity contribution is -0.117. The summed E-state index contributed by atoms with van der Waals surface area (Å²) in [5.41, 5.74) is 0.186. The molecular formula is C16H13FN2O. The fraction of sp³-hybridized carbons (Fsp3) is 0.125. The molecule has 0 saturated carbocycles. The molecule has 0 amide bonds. The predicted octanol–water partition coefficient (Wildman–Crippen LogP) is 3.41. The molecule has 0 aliphatic rings. The van der Waals surface area contributed by atoms with Crippen LogP contribution >= 0.6 is 0 Å². The van der Waals surface area contributed by atoms with E-state index < -0.39 is 5.67 Å². The standard InChI is InChI=1S/C16H13FN2O/c1-16(17,11-20)13-7-8-15-12(9-13)10-18-19(15)14-5-3-2-4-6-14/h2-11H,1H3. The van der Waals surface area contributed by atoms with Gasteiger partial charge in [-0.2, -0.15) is 5.10 Å². The van der Waals surface area contributed by atoms with Crippen LogP contribution in [0.3, 0.4) is 0 Å². The average Bonchev–Trinajstić information content (AvgIpc) is 2.91. The Morgan fingerprint density at radius 2 is 1.95 bits per heavy atom. The van der Waals surface area contributed by atoms with E-state index >= 15 is 0 Å². The van der Waals surface area contributed by atoms with Gasteiger partial charge in [0.2, 0.25) is 0 Å². The van der Waals surface area contributed by atoms with Crippen LogP contribution in [0.25, 0.3) is 16.6 Å². The summed E-state index contributed by atoms with van der Waals surface area (Å²) < 4.78 is 15.8. The molecule has 0 radical (unpaired) electrons. The quantitative estimate of drug-likeness (QED) is 0.682. The number of hydrogen-bond donors (Lipinski definition) is 0. The Morgan fingerprint density at radius 1 is 1.20 bits per heavy atom. The van der Waals surface area contributed by atoms with Crippen LogP contribution in [0, 0.1) is 0 Å². The van der Waals surface area contributed by atoms with E-state index in [-0.39, 0.29) is 0 Å². The Balaban J connectivity index is 2.14. The van der Waals surface area contributed by atoms with E-state index in [0.29, 0.717) is 11.8 Å². The van der Waals surface area contributed by atoms with Crippen molar-refractivity contribution in [2.24, 2.45) is 0 Å². The van der Waals surface area contributed by atoms with Crippen molar-refractivity contribution in [2.45, 2.75) is 12.6 Å². The summed E-state index contributed by atoms with van der Waals surface area (Å²) in [4.78, 5) is 10.8. The molecule has 0 fully saturated rings. The molecule has 1 aromatic heterocycles. The molecule has 3 rings (SSSR count). The molecule has 1 atom stereocenters. The van der Waals surface area contributed by atoms with Crippen LogP contribution < -0.4 is 0 Å². The molecule has 2 aromatic carbocycles. The molecule has 20 heavy (non-hydrogen) atoms. The van der Waals surface area contributed by atoms with Gasteiger partial charge in [-0.25, -0.2) is 9.07 Å². The van der Waals surface area contributed by atoms with Crippen molar-refractivity contribution in [3.8, 4) is 5.69 Å². The number of hydrogen-bond acceptors (Lipinski definition) is 2. The first-order chi connectivity index (χ1) is 9.62. The number of alkyl halides is 1. The zero-order valence-electron chi connectivity index (χ0n) is 11.0. The summed E-state index contributed by atoms with van der Waals surface area (Å²) >= 11 is 0. The van der Waals surface area contributed by atoms with Gasteiger partial charge in [0.15, 0.2) is 12.0 Å². The highest BCUT2D eigenvalue weighted by atomic mass is 19.1. The Bertz CT molecular complexity index is 763. The molecule has 0 N–H and O–H groups in total. The fourth-order valence-electron chi connectivity index (χ4n) is 2.18. The normalized spacial score (nSPS) is 14.1. The number of benzene rings is 2. The molecule has 0 saturated heterocycles. The van der Waals surface area contributed by atoms with E-state index in [9.17, 15) is 9.18 Å². The first-order valence-corrected chi connectivity index (χ1v) is 6.31. The summed E-state index contributed by atoms with van der Waals surface area (Å²) in [7, 11) is 0. The van der Waals surface area contributed by atoms with Gasteiger partial charge >= 0.3 is 0 Å². The monoisotopic (exact) mass is 268 g/mol. The third-order valence-corrected chi connectivity index (χ3v) is 3.35. The van der Waals surface area contributed by atoms with Crippen molar-refractivity contribution in [3.63, 3.8) is 0 Å². The summed E-state index contributed by atoms with van der Waals surface area (Å²) in [6.07, 6.45) is 1.99. The average molecular weight is 268 g/mol. The number of aldehydes is 1. The van der Waals surface area contributed by atoms with Gasteiger partial charge in [-0.3, -0.25) is 4.79 Å². The van der Waals surface area contributed by atoms with Crippen LogP contribution in [-0.4, -0.2) is 16.1 Å². The minimum Gasteiger partial charge on any atom is -0.299 e. The zero-order chi connectivity index (χ0) is 14.2. The SMILES string of the molecule is CC(F)(C=O)c1ccc2c(cnn2-c2ccccc2)c1. The van der Waals surface area contributed by atoms with Crippen LogP contribution in [0.4, 0.5) is 4.39 Å². The maximum atomic E-state index is 14.0. The van der Waals surface area contributed by atoms with Gasteiger partial charge in [0.05, 0.1) is 17.4 Å². The molecule has 100 valence electrons. The van der Waals surface area contributed by atoms with Gasteiger partial charge in [-0.1, -0.05) is 24.3 Å². The molecule has 0 bridgehead atoms. The first-order valence-electron chi connectivity index (χ1n) is 6.31. The molecule has 0 aliphatic heterocycles. The second-order valence-corrected chi connectivity index (χ2v) is 4.86. The van der Waals surface area contributed by atoms with E-state index in [1.54, 1.807) is 29.1 Å². The van der Waals surface area contributed by atoms with E-state index in [4.69, 9.17) is 0 Å². The van der Waals surface area contributed by atoms with Crippen LogP contribution in [0.1, 0.15) is 12.5 Å². The van der Waals surface area contributed by atoms with Crippen molar-refractivity contribution in [3.05, 3.63) is 60.3 Å². The van der Waals surface area contributed by atoms with Gasteiger partial charge in [0.1, 0.15) is 0 Å². The predicted molar refractivity (Wildman–Crippen MR) is 75.6 cm³/mol. The minimum absolute atomic E-state index is 0.315. The highest BCUT2D eigenvalue weighted by molar-refractivity contribution is 5.82. The van der Waals surface area contributed by atoms with Gasteiger partial charge in [0, 0.05) is 5.39 Å². The van der Waals surface area contributed by atoms with Crippen LogP contribution in [-0.2, 0) is 10.5 Å². The van der Waals surface area contributed by atoms with Crippen LogP contribution in [0.5, 0.6) is 0 Å². The molecule has 1 heterocycles. The smallest absolute Gasteiger partial charge is 0.188 e. The largest absolute Gasteiger partial charge is 0.299 e. The molecule has 0 aliphatic carbocycles. The van der Waals surface area contributed by atoms with E-state index in [1.165, 1.54) is 6.92 Å². The number of halogens is 1. The van der Waals surface area contributed by atoms with Gasteiger partial charge in [-0.15, -0.1) is 0 Å². The molecular weight excluding hydrogens is 255 g/mol. The van der Waals surface area contributed by atoms with Crippen molar-refractivity contribution >= 4 is 17.2 Å². The Hall–Kier alpha value is -2.49. The van der Waals surface area contributed by atoms with Crippen molar-refractivity contribution in [1.82, 2.24) is 9.78 Å². The number of carbonyl (C=O) groups is 1. The number of aromatic nitrogens is 2. The summed E-state index contributed by atoms with van der Waals surface area (Å²) in [6, 6.07) is 14.8. The van der Waals surface area contributed by atoms with Crippen LogP contribution in [0.2, 0.25) is 0 Å². The zero-order valence-corrected chi connectivity index (χ0v) is 11.0. The Labute approximate surface area is 115 Å². The van der Waals surface area contributed by atoms with E-state index in [0.717, 1.165) is 16.6 Å². The van der Waals surface area contributed by atoms with E-state index in [1.807, 2.05) is 30.3 Å². The maximum absolute atomic E-state index is 14.0. The second-order valence-electron chi connectivity index (χ2n) is 4.86. The van der Waals surface area contributed by atoms with Crippen molar-refractivity contribution in [1.29, 1.82) is 0 Å². The lowest BCUT2D eigenvalue weighted by Gasteiger charge is -2.13. The number of para-hydroxylation sites is 1. The lowest BCUT2D eigenvalue weighted by atomic mass is 9.98. The molecule has 3 nitrogen and oxygen atoms in total. The van der Waals surface area contributed by atoms with Gasteiger partial charge in [-0.05, 0) is 36.8 Å². The van der Waals surface area contributed by atoms with Gasteiger partial charge in [0.25, 0.3) is 0 Å². The Kier molecular flexibility index (Phi) is 2.86. The van der Waals surface area contributed by atoms with E-state index in [2.05, 4.69) is 5.10 Å². The van der Waals surface area contributed by atoms with Gasteiger partial charge < -0.3 is 0 Å². The maximum Gasteiger partial charge on any atom is 0.188 e. The van der Waals surface area contributed by atoms with Crippen molar-refractivity contribution < 1.29 is 9.18 Å². The summed E-state index contributed by atoms with van der Waals surface area (Å²) in [5, 5.41) is 5.12. The number of rotatable bonds is 3. The molecule has 3 aromatic rings. The molecule has 1 unspecified atom stereocenters. The van der Waals surface area contributed by atoms with Crippen molar-refractivity contribution in [2.75, 3.05) is 0 Å². The molecule has 0 spiro atoms. The minimum atomic E-state index is -1.97. The topological polar surface area (TPSA) is 34.9 Å². The number of carbonyl (C=O) groups excluding carboxylic acids is 1. The fourth-order valence-corrected chi connectivity index (χ4v) is 2.18. The highest BCUT2D eigenvalue weighted by Crippen LogP contribution is 2.27. The van der Waals surface area contributed by atoms with Crippen LogP contribution in [0.15, 0.2) is 54.7 Å².